The minimum atomic E-state index is -0.0952. The molecule has 0 unspecified atom stereocenters. The molecule has 0 spiro atoms. The number of nitrogens with zero attached hydrogens (tertiary/aromatic N) is 1. The maximum atomic E-state index is 11.8. The van der Waals surface area contributed by atoms with Crippen molar-refractivity contribution in [3.8, 4) is 5.75 Å². The van der Waals surface area contributed by atoms with Crippen LogP contribution in [0.3, 0.4) is 0 Å². The number of carbonyl (C=O) groups excluding carboxylic acids is 2. The van der Waals surface area contributed by atoms with Crippen molar-refractivity contribution in [2.45, 2.75) is 26.2 Å². The average Bonchev–Trinajstić information content (AvgIpc) is 2.48. The molecule has 0 bridgehead atoms. The Labute approximate surface area is 124 Å². The molecule has 2 rings (SSSR count). The van der Waals surface area contributed by atoms with E-state index in [0.717, 1.165) is 12.8 Å². The molecule has 1 aromatic carbocycles. The molecule has 5 heteroatoms. The second kappa shape index (κ2) is 6.92. The van der Waals surface area contributed by atoms with Gasteiger partial charge in [0.2, 0.25) is 5.91 Å². The summed E-state index contributed by atoms with van der Waals surface area (Å²) >= 11 is 0. The largest absolute Gasteiger partial charge is 0.481 e. The molecule has 1 N–H and O–H groups in total. The molecule has 5 nitrogen and oxygen atoms in total. The van der Waals surface area contributed by atoms with Crippen LogP contribution >= 0.6 is 0 Å². The fourth-order valence-corrected chi connectivity index (χ4v) is 2.17. The molecule has 21 heavy (non-hydrogen) atoms. The Bertz CT molecular complexity index is 554. The van der Waals surface area contributed by atoms with Crippen LogP contribution in [-0.4, -0.2) is 25.0 Å². The summed E-state index contributed by atoms with van der Waals surface area (Å²) in [4.78, 5) is 25.2. The highest BCUT2D eigenvalue weighted by Gasteiger charge is 2.24. The Morgan fingerprint density at radius 3 is 3.05 bits per heavy atom. The van der Waals surface area contributed by atoms with Gasteiger partial charge in [-0.15, -0.1) is 6.58 Å². The number of fused-ring (bicyclic) bond motifs is 1. The van der Waals surface area contributed by atoms with Gasteiger partial charge in [-0.1, -0.05) is 19.4 Å². The standard InChI is InChI=1S/C16H20N2O3/c1-3-5-6-15(19)17-12-7-8-13-14(10-12)21-11-16(20)18(13)9-4-2/h4,7-8,10H,2-3,5-6,9,11H2,1H3,(H,17,19). The molecule has 0 radical (unpaired) electrons. The van der Waals surface area contributed by atoms with E-state index in [0.29, 0.717) is 30.1 Å². The Balaban J connectivity index is 2.14. The highest BCUT2D eigenvalue weighted by Crippen LogP contribution is 2.34. The van der Waals surface area contributed by atoms with E-state index >= 15 is 0 Å². The second-order valence-electron chi connectivity index (χ2n) is 4.92. The summed E-state index contributed by atoms with van der Waals surface area (Å²) in [5, 5.41) is 2.84. The first-order valence-corrected chi connectivity index (χ1v) is 7.13. The van der Waals surface area contributed by atoms with E-state index in [1.54, 1.807) is 29.2 Å². The van der Waals surface area contributed by atoms with E-state index in [1.807, 2.05) is 6.92 Å². The quantitative estimate of drug-likeness (QED) is 0.819. The third-order valence-corrected chi connectivity index (χ3v) is 3.26. The highest BCUT2D eigenvalue weighted by atomic mass is 16.5. The van der Waals surface area contributed by atoms with Crippen molar-refractivity contribution in [2.75, 3.05) is 23.4 Å². The Morgan fingerprint density at radius 1 is 1.52 bits per heavy atom. The molecule has 1 aromatic rings. The number of ether oxygens (including phenoxy) is 1. The highest BCUT2D eigenvalue weighted by molar-refractivity contribution is 5.99. The Hall–Kier alpha value is -2.30. The zero-order valence-electron chi connectivity index (χ0n) is 12.2. The number of carbonyl (C=O) groups is 2. The van der Waals surface area contributed by atoms with Crippen molar-refractivity contribution in [1.29, 1.82) is 0 Å². The summed E-state index contributed by atoms with van der Waals surface area (Å²) in [7, 11) is 0. The van der Waals surface area contributed by atoms with Gasteiger partial charge in [0.1, 0.15) is 5.75 Å². The van der Waals surface area contributed by atoms with Crippen LogP contribution in [0, 0.1) is 0 Å². The lowest BCUT2D eigenvalue weighted by atomic mass is 10.2. The molecule has 1 aliphatic heterocycles. The topological polar surface area (TPSA) is 58.6 Å². The van der Waals surface area contributed by atoms with E-state index in [4.69, 9.17) is 4.74 Å². The number of hydrogen-bond donors (Lipinski definition) is 1. The lowest BCUT2D eigenvalue weighted by Gasteiger charge is -2.28. The number of unbranched alkanes of at least 4 members (excludes halogenated alkanes) is 1. The van der Waals surface area contributed by atoms with Gasteiger partial charge in [-0.3, -0.25) is 9.59 Å². The van der Waals surface area contributed by atoms with E-state index in [1.165, 1.54) is 0 Å². The molecule has 112 valence electrons. The summed E-state index contributed by atoms with van der Waals surface area (Å²) < 4.78 is 5.44. The van der Waals surface area contributed by atoms with Crippen molar-refractivity contribution < 1.29 is 14.3 Å². The van der Waals surface area contributed by atoms with Gasteiger partial charge in [-0.05, 0) is 18.6 Å². The van der Waals surface area contributed by atoms with Gasteiger partial charge in [0.15, 0.2) is 6.61 Å². The van der Waals surface area contributed by atoms with E-state index < -0.39 is 0 Å². The predicted octanol–water partition coefficient (Wildman–Crippen LogP) is 2.73. The number of rotatable bonds is 6. The van der Waals surface area contributed by atoms with Crippen molar-refractivity contribution in [1.82, 2.24) is 0 Å². The van der Waals surface area contributed by atoms with E-state index in [9.17, 15) is 9.59 Å². The molecule has 1 heterocycles. The third-order valence-electron chi connectivity index (χ3n) is 3.26. The van der Waals surface area contributed by atoms with Gasteiger partial charge in [0.05, 0.1) is 5.69 Å². The first kappa shape index (κ1) is 15.1. The maximum Gasteiger partial charge on any atom is 0.265 e. The summed E-state index contributed by atoms with van der Waals surface area (Å²) in [5.74, 6) is 0.499. The van der Waals surface area contributed by atoms with Crippen molar-refractivity contribution >= 4 is 23.2 Å². The lowest BCUT2D eigenvalue weighted by molar-refractivity contribution is -0.121. The van der Waals surface area contributed by atoms with Gasteiger partial charge in [-0.25, -0.2) is 0 Å². The molecule has 0 atom stereocenters. The van der Waals surface area contributed by atoms with Crippen LogP contribution in [0.4, 0.5) is 11.4 Å². The maximum absolute atomic E-state index is 11.8. The van der Waals surface area contributed by atoms with Crippen molar-refractivity contribution in [3.05, 3.63) is 30.9 Å². The summed E-state index contributed by atoms with van der Waals surface area (Å²) in [6, 6.07) is 5.31. The van der Waals surface area contributed by atoms with Crippen LogP contribution in [0.15, 0.2) is 30.9 Å². The van der Waals surface area contributed by atoms with Gasteiger partial charge in [0, 0.05) is 24.7 Å². The molecule has 2 amide bonds. The van der Waals surface area contributed by atoms with Crippen molar-refractivity contribution in [3.63, 3.8) is 0 Å². The van der Waals surface area contributed by atoms with Crippen LogP contribution in [0.5, 0.6) is 5.75 Å². The summed E-state index contributed by atoms with van der Waals surface area (Å²) in [6.45, 7) is 6.15. The third kappa shape index (κ3) is 3.62. The Kier molecular flexibility index (Phi) is 4.98. The van der Waals surface area contributed by atoms with Crippen LogP contribution < -0.4 is 15.0 Å². The summed E-state index contributed by atoms with van der Waals surface area (Å²) in [6.07, 6.45) is 4.04. The molecule has 0 saturated heterocycles. The SMILES string of the molecule is C=CCN1C(=O)COc2cc(NC(=O)CCCC)ccc21. The molecule has 1 aliphatic rings. The minimum Gasteiger partial charge on any atom is -0.481 e. The first-order valence-electron chi connectivity index (χ1n) is 7.13. The zero-order valence-corrected chi connectivity index (χ0v) is 12.2. The number of hydrogen-bond acceptors (Lipinski definition) is 3. The van der Waals surface area contributed by atoms with Crippen LogP contribution in [-0.2, 0) is 9.59 Å². The number of anilines is 2. The monoisotopic (exact) mass is 288 g/mol. The number of benzene rings is 1. The smallest absolute Gasteiger partial charge is 0.265 e. The fourth-order valence-electron chi connectivity index (χ4n) is 2.17. The van der Waals surface area contributed by atoms with E-state index in [-0.39, 0.29) is 18.4 Å². The Morgan fingerprint density at radius 2 is 2.33 bits per heavy atom. The normalized spacial score (nSPS) is 13.4. The van der Waals surface area contributed by atoms with Gasteiger partial charge >= 0.3 is 0 Å². The van der Waals surface area contributed by atoms with E-state index in [2.05, 4.69) is 11.9 Å². The molecule has 0 aromatic heterocycles. The molecular weight excluding hydrogens is 268 g/mol. The number of amides is 2. The van der Waals surface area contributed by atoms with Crippen LogP contribution in [0.25, 0.3) is 0 Å². The molecule has 0 aliphatic carbocycles. The summed E-state index contributed by atoms with van der Waals surface area (Å²) in [5.41, 5.74) is 1.39. The molecule has 0 saturated carbocycles. The fraction of sp³-hybridized carbons (Fsp3) is 0.375. The van der Waals surface area contributed by atoms with Crippen LogP contribution in [0.1, 0.15) is 26.2 Å². The lowest BCUT2D eigenvalue weighted by Crippen LogP contribution is -2.38. The van der Waals surface area contributed by atoms with Gasteiger partial charge in [-0.2, -0.15) is 0 Å². The zero-order chi connectivity index (χ0) is 15.2. The van der Waals surface area contributed by atoms with Crippen LogP contribution in [0.2, 0.25) is 0 Å². The predicted molar refractivity (Wildman–Crippen MR) is 82.6 cm³/mol. The van der Waals surface area contributed by atoms with Crippen molar-refractivity contribution in [2.24, 2.45) is 0 Å². The first-order chi connectivity index (χ1) is 10.2. The van der Waals surface area contributed by atoms with Gasteiger partial charge < -0.3 is 15.0 Å². The molecular formula is C16H20N2O3. The average molecular weight is 288 g/mol. The van der Waals surface area contributed by atoms with Gasteiger partial charge in [0.25, 0.3) is 5.91 Å². The number of nitrogens with one attached hydrogen (secondary N) is 1. The molecule has 0 fully saturated rings. The second-order valence-corrected chi connectivity index (χ2v) is 4.92. The minimum absolute atomic E-state index is 0.00775.